The quantitative estimate of drug-likeness (QED) is 0.257. The summed E-state index contributed by atoms with van der Waals surface area (Å²) in [5.41, 5.74) is 4.62. The predicted octanol–water partition coefficient (Wildman–Crippen LogP) is 5.86. The lowest BCUT2D eigenvalue weighted by Gasteiger charge is -2.59. The number of unbranched alkanes of at least 4 members (excludes halogenated alkanes) is 1. The molecule has 0 radical (unpaired) electrons. The van der Waals surface area contributed by atoms with Crippen LogP contribution in [0.1, 0.15) is 67.3 Å². The summed E-state index contributed by atoms with van der Waals surface area (Å²) in [5.74, 6) is 1.81. The van der Waals surface area contributed by atoms with Crippen LogP contribution < -0.4 is 18.9 Å². The number of hydrogen-bond acceptors (Lipinski definition) is 7. The third-order valence-corrected chi connectivity index (χ3v) is 10.3. The molecule has 4 atom stereocenters. The van der Waals surface area contributed by atoms with E-state index in [9.17, 15) is 9.90 Å². The van der Waals surface area contributed by atoms with Crippen LogP contribution in [0, 0.1) is 11.8 Å². The summed E-state index contributed by atoms with van der Waals surface area (Å²) >= 11 is 0. The maximum absolute atomic E-state index is 12.6. The van der Waals surface area contributed by atoms with Gasteiger partial charge in [0.05, 0.1) is 39.9 Å². The molecule has 234 valence electrons. The van der Waals surface area contributed by atoms with Gasteiger partial charge in [0, 0.05) is 25.0 Å². The molecule has 43 heavy (non-hydrogen) atoms. The lowest BCUT2D eigenvalue weighted by Crippen LogP contribution is -2.61. The molecule has 2 aromatic carbocycles. The minimum Gasteiger partial charge on any atom is -0.493 e. The second-order valence-corrected chi connectivity index (χ2v) is 12.1. The first-order valence-electron chi connectivity index (χ1n) is 15.7. The molecule has 0 bridgehead atoms. The van der Waals surface area contributed by atoms with Gasteiger partial charge in [-0.15, -0.1) is 6.58 Å². The number of rotatable bonds is 11. The fourth-order valence-corrected chi connectivity index (χ4v) is 8.29. The number of carboxylic acid groups (broad SMARTS) is 1. The number of fused-ring (bicyclic) bond motifs is 3. The second-order valence-electron chi connectivity index (χ2n) is 12.1. The lowest BCUT2D eigenvalue weighted by atomic mass is 9.58. The fourth-order valence-electron chi connectivity index (χ4n) is 8.29. The molecule has 0 aromatic heterocycles. The van der Waals surface area contributed by atoms with Crippen LogP contribution in [-0.2, 0) is 23.2 Å². The highest BCUT2D eigenvalue weighted by Gasteiger charge is 2.56. The molecule has 5 rings (SSSR count). The molecule has 1 unspecified atom stereocenters. The highest BCUT2D eigenvalue weighted by Crippen LogP contribution is 2.58. The summed E-state index contributed by atoms with van der Waals surface area (Å²) in [4.78, 5) is 17.9. The van der Waals surface area contributed by atoms with E-state index in [-0.39, 0.29) is 17.5 Å². The number of ether oxygens (including phenoxy) is 4. The topological polar surface area (TPSA) is 80.7 Å². The Bertz CT molecular complexity index is 1330. The van der Waals surface area contributed by atoms with Crippen molar-refractivity contribution < 1.29 is 28.8 Å². The smallest absolute Gasteiger partial charge is 0.306 e. The van der Waals surface area contributed by atoms with E-state index in [0.29, 0.717) is 18.6 Å². The van der Waals surface area contributed by atoms with E-state index >= 15 is 0 Å². The van der Waals surface area contributed by atoms with Gasteiger partial charge in [-0.25, -0.2) is 0 Å². The average Bonchev–Trinajstić information content (AvgIpc) is 3.04. The molecule has 1 saturated carbocycles. The average molecular weight is 593 g/mol. The number of nitrogens with zero attached hydrogens (tertiary/aromatic N) is 2. The summed E-state index contributed by atoms with van der Waals surface area (Å²) in [7, 11) is 6.74. The van der Waals surface area contributed by atoms with Gasteiger partial charge < -0.3 is 24.1 Å². The maximum atomic E-state index is 12.6. The molecule has 1 spiro atoms. The minimum atomic E-state index is -0.701. The van der Waals surface area contributed by atoms with Crippen LogP contribution in [0.2, 0.25) is 0 Å². The second kappa shape index (κ2) is 13.2. The van der Waals surface area contributed by atoms with E-state index in [1.54, 1.807) is 28.4 Å². The Kier molecular flexibility index (Phi) is 9.57. The van der Waals surface area contributed by atoms with E-state index in [4.69, 9.17) is 18.9 Å². The Morgan fingerprint density at radius 1 is 0.977 bits per heavy atom. The Hall–Kier alpha value is -3.23. The number of allylic oxidation sites excluding steroid dienone is 1. The van der Waals surface area contributed by atoms with E-state index in [1.165, 1.54) is 22.3 Å². The van der Waals surface area contributed by atoms with E-state index < -0.39 is 11.9 Å². The first-order chi connectivity index (χ1) is 20.9. The van der Waals surface area contributed by atoms with E-state index in [0.717, 1.165) is 75.5 Å². The Morgan fingerprint density at radius 3 is 2.23 bits per heavy atom. The van der Waals surface area contributed by atoms with E-state index in [2.05, 4.69) is 47.6 Å². The molecule has 2 heterocycles. The standard InChI is InChI=1S/C35H48N2O6/c1-7-9-10-15-37-17-13-24-20-30(41-4)32(43-6)22-27(24)35(37)14-11-25(34(38)39)18-28(35)33-26-21-31(42-5)29(40-3)19-23(26)12-16-36(33)8-2/h7,19-22,25,28,33H,1,8-18H2,2-6H3,(H,38,39)/t25-,28-,33?,35+/m1/s1. The Morgan fingerprint density at radius 2 is 1.60 bits per heavy atom. The SMILES string of the molecule is C=CCCCN1CCc2cc(OC)c(OC)cc2[C@]12CC[C@@H](C(=O)O)C[C@@H]2C1c2cc(OC)c(OC)cc2CCN1CC. The molecule has 8 heteroatoms. The number of aliphatic carboxylic acids is 1. The number of carboxylic acids is 1. The molecule has 3 aliphatic rings. The van der Waals surface area contributed by atoms with Crippen LogP contribution in [0.15, 0.2) is 36.9 Å². The van der Waals surface area contributed by atoms with Crippen molar-refractivity contribution in [2.45, 2.75) is 63.5 Å². The molecule has 1 fully saturated rings. The molecule has 1 aliphatic carbocycles. The maximum Gasteiger partial charge on any atom is 0.306 e. The van der Waals surface area contributed by atoms with Crippen LogP contribution in [0.4, 0.5) is 0 Å². The van der Waals surface area contributed by atoms with Crippen LogP contribution in [0.5, 0.6) is 23.0 Å². The van der Waals surface area contributed by atoms with Gasteiger partial charge in [-0.1, -0.05) is 13.0 Å². The van der Waals surface area contributed by atoms with Crippen molar-refractivity contribution in [2.75, 3.05) is 54.6 Å². The summed E-state index contributed by atoms with van der Waals surface area (Å²) in [6.07, 6.45) is 7.75. The van der Waals surface area contributed by atoms with Gasteiger partial charge >= 0.3 is 5.97 Å². The highest BCUT2D eigenvalue weighted by atomic mass is 16.5. The molecule has 0 amide bonds. The number of methoxy groups -OCH3 is 4. The number of likely N-dealkylation sites (N-methyl/N-ethyl adjacent to an activating group) is 1. The minimum absolute atomic E-state index is 0.0108. The van der Waals surface area contributed by atoms with Crippen LogP contribution >= 0.6 is 0 Å². The van der Waals surface area contributed by atoms with E-state index in [1.807, 2.05) is 6.08 Å². The normalized spacial score (nSPS) is 25.5. The first kappa shape index (κ1) is 31.2. The van der Waals surface area contributed by atoms with Crippen molar-refractivity contribution >= 4 is 5.97 Å². The van der Waals surface area contributed by atoms with Gasteiger partial charge in [0.25, 0.3) is 0 Å². The van der Waals surface area contributed by atoms with Gasteiger partial charge in [-0.2, -0.15) is 0 Å². The van der Waals surface area contributed by atoms with Gasteiger partial charge in [-0.05, 0) is 105 Å². The zero-order valence-corrected chi connectivity index (χ0v) is 26.5. The van der Waals surface area contributed by atoms with Crippen LogP contribution in [-0.4, -0.2) is 75.5 Å². The zero-order valence-electron chi connectivity index (χ0n) is 26.5. The van der Waals surface area contributed by atoms with Crippen molar-refractivity contribution in [3.8, 4) is 23.0 Å². The van der Waals surface area contributed by atoms with Crippen molar-refractivity contribution in [1.29, 1.82) is 0 Å². The van der Waals surface area contributed by atoms with Crippen LogP contribution in [0.25, 0.3) is 0 Å². The molecule has 2 aliphatic heterocycles. The van der Waals surface area contributed by atoms with Crippen molar-refractivity contribution in [2.24, 2.45) is 11.8 Å². The van der Waals surface area contributed by atoms with Crippen molar-refractivity contribution in [1.82, 2.24) is 9.80 Å². The third-order valence-electron chi connectivity index (χ3n) is 10.3. The Labute approximate surface area is 256 Å². The summed E-state index contributed by atoms with van der Waals surface area (Å²) in [6.45, 7) is 9.80. The number of benzene rings is 2. The van der Waals surface area contributed by atoms with Crippen molar-refractivity contribution in [3.05, 3.63) is 59.2 Å². The first-order valence-corrected chi connectivity index (χ1v) is 15.7. The van der Waals surface area contributed by atoms with Gasteiger partial charge in [-0.3, -0.25) is 14.6 Å². The number of hydrogen-bond donors (Lipinski definition) is 1. The van der Waals surface area contributed by atoms with Gasteiger partial charge in [0.1, 0.15) is 0 Å². The largest absolute Gasteiger partial charge is 0.493 e. The zero-order chi connectivity index (χ0) is 30.7. The summed E-state index contributed by atoms with van der Waals surface area (Å²) in [6, 6.07) is 8.63. The summed E-state index contributed by atoms with van der Waals surface area (Å²) < 4.78 is 23.1. The molecule has 2 aromatic rings. The molecular weight excluding hydrogens is 544 g/mol. The molecule has 1 N–H and O–H groups in total. The molecule has 8 nitrogen and oxygen atoms in total. The number of carbonyl (C=O) groups is 1. The van der Waals surface area contributed by atoms with Crippen molar-refractivity contribution in [3.63, 3.8) is 0 Å². The highest BCUT2D eigenvalue weighted by molar-refractivity contribution is 5.70. The predicted molar refractivity (Wildman–Crippen MR) is 168 cm³/mol. The molecule has 0 saturated heterocycles. The third kappa shape index (κ3) is 5.48. The monoisotopic (exact) mass is 592 g/mol. The fraction of sp³-hybridized carbons (Fsp3) is 0.571. The van der Waals surface area contributed by atoms with Crippen LogP contribution in [0.3, 0.4) is 0 Å². The van der Waals surface area contributed by atoms with Gasteiger partial charge in [0.15, 0.2) is 23.0 Å². The lowest BCUT2D eigenvalue weighted by molar-refractivity contribution is -0.148. The summed E-state index contributed by atoms with van der Waals surface area (Å²) in [5, 5.41) is 10.4. The van der Waals surface area contributed by atoms with Gasteiger partial charge in [0.2, 0.25) is 0 Å². The Balaban J connectivity index is 1.77. The molecular formula is C35H48N2O6.